The second kappa shape index (κ2) is 7.42. The van der Waals surface area contributed by atoms with Crippen molar-refractivity contribution in [2.75, 3.05) is 0 Å². The highest BCUT2D eigenvalue weighted by Crippen LogP contribution is 2.30. The molecule has 5 aromatic rings. The monoisotopic (exact) mass is 418 g/mol. The van der Waals surface area contributed by atoms with Crippen molar-refractivity contribution in [3.8, 4) is 11.1 Å². The molecule has 4 aromatic heterocycles. The number of benzene rings is 1. The van der Waals surface area contributed by atoms with Crippen LogP contribution in [-0.4, -0.2) is 29.1 Å². The zero-order chi connectivity index (χ0) is 20.7. The Balaban J connectivity index is 1.64. The molecule has 1 aromatic carbocycles. The standard InChI is InChI=1S/C22H19ClN6O/c1-2-18-20(14-3-5-15(23)6-4-14)21-25-12-17-19(29(21)27-18)8-10-28(22(17)30)9-7-16-11-24-13-26-16/h3-6,8,10-13H,2,7,9H2,1H3,(H,24,26). The fourth-order valence-electron chi connectivity index (χ4n) is 3.75. The first-order valence-corrected chi connectivity index (χ1v) is 10.2. The number of nitrogens with one attached hydrogen (secondary N) is 1. The Morgan fingerprint density at radius 3 is 2.70 bits per heavy atom. The maximum Gasteiger partial charge on any atom is 0.261 e. The Bertz CT molecular complexity index is 1400. The topological polar surface area (TPSA) is 80.9 Å². The lowest BCUT2D eigenvalue weighted by Crippen LogP contribution is -2.21. The normalized spacial score (nSPS) is 11.5. The molecule has 7 nitrogen and oxygen atoms in total. The van der Waals surface area contributed by atoms with Crippen LogP contribution in [0.4, 0.5) is 0 Å². The van der Waals surface area contributed by atoms with Gasteiger partial charge in [0, 0.05) is 47.8 Å². The number of pyridine rings is 1. The molecule has 0 unspecified atom stereocenters. The summed E-state index contributed by atoms with van der Waals surface area (Å²) in [5.41, 5.74) is 5.30. The average Bonchev–Trinajstić information content (AvgIpc) is 3.41. The first-order chi connectivity index (χ1) is 14.7. The smallest absolute Gasteiger partial charge is 0.261 e. The van der Waals surface area contributed by atoms with Gasteiger partial charge in [-0.3, -0.25) is 4.79 Å². The van der Waals surface area contributed by atoms with Crippen molar-refractivity contribution >= 4 is 28.2 Å². The molecule has 0 amide bonds. The number of hydrogen-bond donors (Lipinski definition) is 1. The summed E-state index contributed by atoms with van der Waals surface area (Å²) in [5, 5.41) is 6.00. The molecule has 30 heavy (non-hydrogen) atoms. The molecule has 0 aliphatic heterocycles. The van der Waals surface area contributed by atoms with E-state index in [1.807, 2.05) is 36.5 Å². The number of hydrogen-bond acceptors (Lipinski definition) is 4. The molecule has 0 aliphatic rings. The van der Waals surface area contributed by atoms with Crippen LogP contribution in [0.1, 0.15) is 18.3 Å². The molecular weight excluding hydrogens is 400 g/mol. The molecule has 0 aliphatic carbocycles. The first-order valence-electron chi connectivity index (χ1n) is 9.78. The maximum absolute atomic E-state index is 13.0. The minimum atomic E-state index is -0.0805. The molecule has 150 valence electrons. The Labute approximate surface area is 177 Å². The van der Waals surface area contributed by atoms with Crippen LogP contribution in [0.5, 0.6) is 0 Å². The molecule has 0 bridgehead atoms. The van der Waals surface area contributed by atoms with Crippen LogP contribution in [0, 0.1) is 0 Å². The fraction of sp³-hybridized carbons (Fsp3) is 0.182. The molecule has 8 heteroatoms. The molecule has 0 saturated heterocycles. The van der Waals surface area contributed by atoms with Gasteiger partial charge in [0.15, 0.2) is 5.65 Å². The van der Waals surface area contributed by atoms with Gasteiger partial charge in [0.2, 0.25) is 0 Å². The van der Waals surface area contributed by atoms with Gasteiger partial charge in [-0.1, -0.05) is 30.7 Å². The van der Waals surface area contributed by atoms with Crippen LogP contribution < -0.4 is 5.56 Å². The molecule has 0 saturated carbocycles. The lowest BCUT2D eigenvalue weighted by Gasteiger charge is -2.07. The maximum atomic E-state index is 13.0. The highest BCUT2D eigenvalue weighted by atomic mass is 35.5. The summed E-state index contributed by atoms with van der Waals surface area (Å²) in [6.45, 7) is 2.62. The van der Waals surface area contributed by atoms with Gasteiger partial charge in [-0.25, -0.2) is 14.5 Å². The highest BCUT2D eigenvalue weighted by Gasteiger charge is 2.17. The quantitative estimate of drug-likeness (QED) is 0.469. The van der Waals surface area contributed by atoms with Gasteiger partial charge in [-0.2, -0.15) is 5.10 Å². The Morgan fingerprint density at radius 1 is 1.13 bits per heavy atom. The molecule has 0 spiro atoms. The van der Waals surface area contributed by atoms with E-state index >= 15 is 0 Å². The van der Waals surface area contributed by atoms with Crippen LogP contribution in [0.2, 0.25) is 5.02 Å². The SMILES string of the molecule is CCc1nn2c(ncc3c(=O)n(CCc4cnc[nH]4)ccc32)c1-c1ccc(Cl)cc1. The van der Waals surface area contributed by atoms with Crippen molar-refractivity contribution < 1.29 is 0 Å². The Kier molecular flexibility index (Phi) is 4.59. The molecule has 0 fully saturated rings. The van der Waals surface area contributed by atoms with Gasteiger partial charge in [0.05, 0.1) is 22.9 Å². The predicted octanol–water partition coefficient (Wildman–Crippen LogP) is 3.89. The summed E-state index contributed by atoms with van der Waals surface area (Å²) >= 11 is 6.05. The number of halogens is 1. The van der Waals surface area contributed by atoms with E-state index in [1.165, 1.54) is 0 Å². The van der Waals surface area contributed by atoms with E-state index in [9.17, 15) is 4.79 Å². The van der Waals surface area contributed by atoms with Crippen molar-refractivity contribution in [3.63, 3.8) is 0 Å². The summed E-state index contributed by atoms with van der Waals surface area (Å²) in [4.78, 5) is 24.7. The predicted molar refractivity (Wildman–Crippen MR) is 117 cm³/mol. The number of rotatable bonds is 5. The summed E-state index contributed by atoms with van der Waals surface area (Å²) in [6.07, 6.45) is 8.33. The third-order valence-electron chi connectivity index (χ3n) is 5.30. The van der Waals surface area contributed by atoms with Crippen molar-refractivity contribution in [2.24, 2.45) is 0 Å². The van der Waals surface area contributed by atoms with E-state index in [2.05, 4.69) is 21.9 Å². The summed E-state index contributed by atoms with van der Waals surface area (Å²) in [6, 6.07) is 9.59. The number of H-pyrrole nitrogens is 1. The van der Waals surface area contributed by atoms with Crippen LogP contribution in [-0.2, 0) is 19.4 Å². The van der Waals surface area contributed by atoms with E-state index in [-0.39, 0.29) is 5.56 Å². The number of aryl methyl sites for hydroxylation is 3. The summed E-state index contributed by atoms with van der Waals surface area (Å²) in [5.74, 6) is 0. The Hall–Kier alpha value is -3.45. The first kappa shape index (κ1) is 18.6. The lowest BCUT2D eigenvalue weighted by molar-refractivity contribution is 0.666. The minimum absolute atomic E-state index is 0.0805. The van der Waals surface area contributed by atoms with Gasteiger partial charge < -0.3 is 9.55 Å². The minimum Gasteiger partial charge on any atom is -0.348 e. The van der Waals surface area contributed by atoms with Gasteiger partial charge in [-0.15, -0.1) is 0 Å². The average molecular weight is 419 g/mol. The van der Waals surface area contributed by atoms with E-state index in [0.29, 0.717) is 23.4 Å². The second-order valence-electron chi connectivity index (χ2n) is 7.12. The van der Waals surface area contributed by atoms with Crippen LogP contribution in [0.3, 0.4) is 0 Å². The van der Waals surface area contributed by atoms with E-state index in [4.69, 9.17) is 16.7 Å². The molecule has 5 rings (SSSR count). The molecule has 4 heterocycles. The van der Waals surface area contributed by atoms with E-state index in [0.717, 1.165) is 40.1 Å². The zero-order valence-electron chi connectivity index (χ0n) is 16.3. The zero-order valence-corrected chi connectivity index (χ0v) is 17.1. The number of aromatic nitrogens is 6. The summed E-state index contributed by atoms with van der Waals surface area (Å²) in [7, 11) is 0. The van der Waals surface area contributed by atoms with E-state index in [1.54, 1.807) is 27.8 Å². The number of aromatic amines is 1. The van der Waals surface area contributed by atoms with Crippen LogP contribution in [0.15, 0.2) is 60.0 Å². The largest absolute Gasteiger partial charge is 0.348 e. The number of nitrogens with zero attached hydrogens (tertiary/aromatic N) is 5. The molecule has 0 radical (unpaired) electrons. The van der Waals surface area contributed by atoms with Crippen molar-refractivity contribution in [2.45, 2.75) is 26.3 Å². The summed E-state index contributed by atoms with van der Waals surface area (Å²) < 4.78 is 3.47. The Morgan fingerprint density at radius 2 is 1.97 bits per heavy atom. The lowest BCUT2D eigenvalue weighted by atomic mass is 10.0. The third kappa shape index (κ3) is 3.07. The third-order valence-corrected chi connectivity index (χ3v) is 5.55. The van der Waals surface area contributed by atoms with Crippen molar-refractivity contribution in [3.05, 3.63) is 82.0 Å². The van der Waals surface area contributed by atoms with Gasteiger partial charge in [0.1, 0.15) is 0 Å². The number of fused-ring (bicyclic) bond motifs is 3. The fourth-order valence-corrected chi connectivity index (χ4v) is 3.88. The molecular formula is C22H19ClN6O. The highest BCUT2D eigenvalue weighted by molar-refractivity contribution is 6.30. The second-order valence-corrected chi connectivity index (χ2v) is 7.55. The molecule has 1 N–H and O–H groups in total. The van der Waals surface area contributed by atoms with Crippen molar-refractivity contribution in [1.29, 1.82) is 0 Å². The van der Waals surface area contributed by atoms with Gasteiger partial charge >= 0.3 is 0 Å². The van der Waals surface area contributed by atoms with Crippen LogP contribution >= 0.6 is 11.6 Å². The van der Waals surface area contributed by atoms with E-state index < -0.39 is 0 Å². The van der Waals surface area contributed by atoms with Crippen LogP contribution in [0.25, 0.3) is 27.7 Å². The van der Waals surface area contributed by atoms with Crippen molar-refractivity contribution in [1.82, 2.24) is 29.1 Å². The molecule has 0 atom stereocenters. The van der Waals surface area contributed by atoms with Gasteiger partial charge in [0.25, 0.3) is 5.56 Å². The number of imidazole rings is 1. The van der Waals surface area contributed by atoms with Gasteiger partial charge in [-0.05, 0) is 30.2 Å².